The van der Waals surface area contributed by atoms with Crippen molar-refractivity contribution in [2.45, 2.75) is 26.3 Å². The van der Waals surface area contributed by atoms with Crippen LogP contribution >= 0.6 is 12.4 Å². The Morgan fingerprint density at radius 1 is 1.47 bits per heavy atom. The van der Waals surface area contributed by atoms with E-state index in [1.165, 1.54) is 6.07 Å². The molecule has 106 valence electrons. The van der Waals surface area contributed by atoms with Gasteiger partial charge in [0.25, 0.3) is 5.91 Å². The van der Waals surface area contributed by atoms with Crippen LogP contribution in [0.1, 0.15) is 29.3 Å². The normalized spacial score (nSPS) is 22.8. The van der Waals surface area contributed by atoms with Crippen molar-refractivity contribution >= 4 is 18.3 Å². The molecule has 2 N–H and O–H groups in total. The number of nitrogens with two attached hydrogens (primary N) is 1. The van der Waals surface area contributed by atoms with E-state index in [0.29, 0.717) is 13.1 Å². The first-order valence-corrected chi connectivity index (χ1v) is 6.30. The summed E-state index contributed by atoms with van der Waals surface area (Å²) in [6.07, 6.45) is 0.778. The third-order valence-electron chi connectivity index (χ3n) is 3.61. The summed E-state index contributed by atoms with van der Waals surface area (Å²) in [6, 6.07) is 4.85. The molecule has 1 amide bonds. The summed E-state index contributed by atoms with van der Waals surface area (Å²) in [5.74, 6) is -0.412. The molecule has 0 saturated carbocycles. The van der Waals surface area contributed by atoms with Gasteiger partial charge in [-0.3, -0.25) is 4.79 Å². The Morgan fingerprint density at radius 3 is 2.74 bits per heavy atom. The molecule has 2 atom stereocenters. The molecule has 5 heteroatoms. The zero-order valence-corrected chi connectivity index (χ0v) is 12.0. The predicted octanol–water partition coefficient (Wildman–Crippen LogP) is 2.37. The van der Waals surface area contributed by atoms with Crippen molar-refractivity contribution in [3.8, 4) is 0 Å². The monoisotopic (exact) mass is 286 g/mol. The van der Waals surface area contributed by atoms with Crippen LogP contribution in [0.3, 0.4) is 0 Å². The fraction of sp³-hybridized carbons (Fsp3) is 0.500. The van der Waals surface area contributed by atoms with Crippen molar-refractivity contribution in [3.05, 3.63) is 35.1 Å². The van der Waals surface area contributed by atoms with Gasteiger partial charge in [0, 0.05) is 19.1 Å². The smallest absolute Gasteiger partial charge is 0.256 e. The van der Waals surface area contributed by atoms with Gasteiger partial charge in [-0.15, -0.1) is 12.4 Å². The van der Waals surface area contributed by atoms with Crippen molar-refractivity contribution in [2.75, 3.05) is 13.1 Å². The van der Waals surface area contributed by atoms with Gasteiger partial charge in [-0.25, -0.2) is 4.39 Å². The van der Waals surface area contributed by atoms with Gasteiger partial charge in [-0.05, 0) is 37.0 Å². The molecule has 1 saturated heterocycles. The number of hydrogen-bond donors (Lipinski definition) is 1. The van der Waals surface area contributed by atoms with Crippen LogP contribution in [0.5, 0.6) is 0 Å². The highest BCUT2D eigenvalue weighted by molar-refractivity contribution is 5.94. The fourth-order valence-electron chi connectivity index (χ4n) is 2.31. The summed E-state index contributed by atoms with van der Waals surface area (Å²) in [4.78, 5) is 13.9. The second-order valence-electron chi connectivity index (χ2n) is 5.16. The van der Waals surface area contributed by atoms with Gasteiger partial charge in [0.05, 0.1) is 5.56 Å². The Hall–Kier alpha value is -1.13. The zero-order chi connectivity index (χ0) is 13.3. The molecule has 2 unspecified atom stereocenters. The maximum Gasteiger partial charge on any atom is 0.256 e. The van der Waals surface area contributed by atoms with E-state index in [0.717, 1.165) is 12.0 Å². The molecule has 2 rings (SSSR count). The first-order valence-electron chi connectivity index (χ1n) is 6.30. The highest BCUT2D eigenvalue weighted by Crippen LogP contribution is 2.19. The third kappa shape index (κ3) is 3.45. The quantitative estimate of drug-likeness (QED) is 0.861. The molecule has 1 aromatic carbocycles. The molecule has 1 aromatic rings. The number of aryl methyl sites for hydroxylation is 1. The highest BCUT2D eigenvalue weighted by atomic mass is 35.5. The van der Waals surface area contributed by atoms with Crippen LogP contribution in [-0.4, -0.2) is 29.9 Å². The van der Waals surface area contributed by atoms with Crippen LogP contribution in [0.25, 0.3) is 0 Å². The molecule has 1 aliphatic heterocycles. The lowest BCUT2D eigenvalue weighted by Gasteiger charge is -2.35. The molecule has 0 spiro atoms. The number of nitrogens with zero attached hydrogens (tertiary/aromatic N) is 1. The molecule has 0 aliphatic carbocycles. The van der Waals surface area contributed by atoms with Crippen molar-refractivity contribution in [1.29, 1.82) is 0 Å². The van der Waals surface area contributed by atoms with Gasteiger partial charge >= 0.3 is 0 Å². The van der Waals surface area contributed by atoms with Crippen molar-refractivity contribution in [2.24, 2.45) is 11.7 Å². The maximum absolute atomic E-state index is 13.8. The van der Waals surface area contributed by atoms with Gasteiger partial charge in [-0.2, -0.15) is 0 Å². The standard InChI is InChI=1S/C14H19FN2O.ClH/c1-9-3-4-11(12(15)7-9)14(18)17-6-5-13(16)10(2)8-17;/h3-4,7,10,13H,5-6,8,16H2,1-2H3;1H. The van der Waals surface area contributed by atoms with Crippen molar-refractivity contribution in [3.63, 3.8) is 0 Å². The summed E-state index contributed by atoms with van der Waals surface area (Å²) in [6.45, 7) is 5.04. The minimum atomic E-state index is -0.442. The van der Waals surface area contributed by atoms with E-state index in [4.69, 9.17) is 5.73 Å². The Kier molecular flexibility index (Phi) is 5.32. The predicted molar refractivity (Wildman–Crippen MR) is 76.0 cm³/mol. The number of carbonyl (C=O) groups is 1. The molecule has 1 heterocycles. The van der Waals surface area contributed by atoms with Gasteiger partial charge in [-0.1, -0.05) is 13.0 Å². The average Bonchev–Trinajstić information content (AvgIpc) is 2.32. The number of hydrogen-bond acceptors (Lipinski definition) is 2. The van der Waals surface area contributed by atoms with Gasteiger partial charge in [0.1, 0.15) is 5.82 Å². The molecular weight excluding hydrogens is 267 g/mol. The number of piperidine rings is 1. The van der Waals surface area contributed by atoms with Gasteiger partial charge in [0.15, 0.2) is 0 Å². The van der Waals surface area contributed by atoms with Crippen LogP contribution in [0.2, 0.25) is 0 Å². The Balaban J connectivity index is 0.00000180. The van der Waals surface area contributed by atoms with Crippen LogP contribution in [0.15, 0.2) is 18.2 Å². The maximum atomic E-state index is 13.8. The zero-order valence-electron chi connectivity index (χ0n) is 11.2. The summed E-state index contributed by atoms with van der Waals surface area (Å²) < 4.78 is 13.8. The Morgan fingerprint density at radius 2 is 2.16 bits per heavy atom. The van der Waals surface area contributed by atoms with Crippen molar-refractivity contribution < 1.29 is 9.18 Å². The summed E-state index contributed by atoms with van der Waals surface area (Å²) in [7, 11) is 0. The Labute approximate surface area is 119 Å². The van der Waals surface area contributed by atoms with Crippen LogP contribution in [0.4, 0.5) is 4.39 Å². The first-order chi connectivity index (χ1) is 8.49. The summed E-state index contributed by atoms with van der Waals surface area (Å²) >= 11 is 0. The number of amides is 1. The van der Waals surface area contributed by atoms with E-state index < -0.39 is 5.82 Å². The lowest BCUT2D eigenvalue weighted by Crippen LogP contribution is -2.48. The van der Waals surface area contributed by atoms with E-state index in [2.05, 4.69) is 0 Å². The second-order valence-corrected chi connectivity index (χ2v) is 5.16. The van der Waals surface area contributed by atoms with Gasteiger partial charge in [0.2, 0.25) is 0 Å². The molecular formula is C14H20ClFN2O. The van der Waals surface area contributed by atoms with E-state index in [-0.39, 0.29) is 35.8 Å². The minimum absolute atomic E-state index is 0. The number of halogens is 2. The second kappa shape index (κ2) is 6.35. The summed E-state index contributed by atoms with van der Waals surface area (Å²) in [5, 5.41) is 0. The number of benzene rings is 1. The topological polar surface area (TPSA) is 46.3 Å². The lowest BCUT2D eigenvalue weighted by molar-refractivity contribution is 0.0659. The number of likely N-dealkylation sites (tertiary alicyclic amines) is 1. The minimum Gasteiger partial charge on any atom is -0.338 e. The SMILES string of the molecule is Cc1ccc(C(=O)N2CCC(N)C(C)C2)c(F)c1.Cl. The van der Waals surface area contributed by atoms with E-state index >= 15 is 0 Å². The number of rotatable bonds is 1. The van der Waals surface area contributed by atoms with Crippen molar-refractivity contribution in [1.82, 2.24) is 4.90 Å². The van der Waals surface area contributed by atoms with E-state index in [1.54, 1.807) is 24.0 Å². The van der Waals surface area contributed by atoms with Crippen LogP contribution < -0.4 is 5.73 Å². The lowest BCUT2D eigenvalue weighted by atomic mass is 9.94. The largest absolute Gasteiger partial charge is 0.338 e. The molecule has 19 heavy (non-hydrogen) atoms. The van der Waals surface area contributed by atoms with Gasteiger partial charge < -0.3 is 10.6 Å². The van der Waals surface area contributed by atoms with E-state index in [9.17, 15) is 9.18 Å². The van der Waals surface area contributed by atoms with E-state index in [1.807, 2.05) is 6.92 Å². The highest BCUT2D eigenvalue weighted by Gasteiger charge is 2.27. The van der Waals surface area contributed by atoms with Crippen LogP contribution in [-0.2, 0) is 0 Å². The summed E-state index contributed by atoms with van der Waals surface area (Å²) in [5.41, 5.74) is 6.89. The molecule has 3 nitrogen and oxygen atoms in total. The fourth-order valence-corrected chi connectivity index (χ4v) is 2.31. The molecule has 0 bridgehead atoms. The molecule has 0 radical (unpaired) electrons. The Bertz CT molecular complexity index is 467. The van der Waals surface area contributed by atoms with Crippen LogP contribution in [0, 0.1) is 18.7 Å². The number of carbonyl (C=O) groups excluding carboxylic acids is 1. The third-order valence-corrected chi connectivity index (χ3v) is 3.61. The first kappa shape index (κ1) is 15.9. The molecule has 0 aromatic heterocycles. The molecule has 1 aliphatic rings. The average molecular weight is 287 g/mol. The molecule has 1 fully saturated rings.